The second-order valence-corrected chi connectivity index (χ2v) is 6.67. The molecule has 128 valence electrons. The number of ether oxygens (including phenoxy) is 1. The molecule has 3 aromatic rings. The van der Waals surface area contributed by atoms with Crippen molar-refractivity contribution in [3.05, 3.63) is 59.7 Å². The molecule has 0 radical (unpaired) electrons. The van der Waals surface area contributed by atoms with Gasteiger partial charge in [0.2, 0.25) is 0 Å². The van der Waals surface area contributed by atoms with Crippen LogP contribution < -0.4 is 4.74 Å². The Bertz CT molecular complexity index is 875. The summed E-state index contributed by atoms with van der Waals surface area (Å²) < 4.78 is 24.6. The molecular weight excluding hydrogens is 317 g/mol. The predicted molar refractivity (Wildman–Crippen MR) is 95.0 cm³/mol. The summed E-state index contributed by atoms with van der Waals surface area (Å²) in [5.41, 5.74) is 4.75. The number of halogens is 1. The van der Waals surface area contributed by atoms with E-state index >= 15 is 0 Å². The van der Waals surface area contributed by atoms with Gasteiger partial charge < -0.3 is 9.26 Å². The number of benzene rings is 2. The molecule has 1 aliphatic rings. The first-order chi connectivity index (χ1) is 12.1. The van der Waals surface area contributed by atoms with E-state index in [4.69, 9.17) is 9.26 Å². The third kappa shape index (κ3) is 3.29. The number of aromatic nitrogens is 1. The zero-order valence-corrected chi connectivity index (χ0v) is 14.4. The fraction of sp³-hybridized carbons (Fsp3) is 0.286. The van der Waals surface area contributed by atoms with Crippen molar-refractivity contribution in [1.29, 1.82) is 0 Å². The lowest BCUT2D eigenvalue weighted by atomic mass is 9.97. The molecule has 1 aliphatic carbocycles. The molecule has 0 atom stereocenters. The molecule has 1 fully saturated rings. The molecule has 4 rings (SSSR count). The molecule has 0 spiro atoms. The average Bonchev–Trinajstić information content (AvgIpc) is 3.38. The topological polar surface area (TPSA) is 35.3 Å². The van der Waals surface area contributed by atoms with Crippen LogP contribution in [0.15, 0.2) is 47.0 Å². The van der Waals surface area contributed by atoms with Gasteiger partial charge in [-0.3, -0.25) is 0 Å². The van der Waals surface area contributed by atoms with Gasteiger partial charge in [0.25, 0.3) is 0 Å². The summed E-state index contributed by atoms with van der Waals surface area (Å²) in [5, 5.41) is 4.08. The summed E-state index contributed by atoms with van der Waals surface area (Å²) in [4.78, 5) is 0. The monoisotopic (exact) mass is 337 g/mol. The van der Waals surface area contributed by atoms with Crippen molar-refractivity contribution in [3.63, 3.8) is 0 Å². The Balaban J connectivity index is 1.78. The van der Waals surface area contributed by atoms with E-state index in [9.17, 15) is 4.39 Å². The lowest BCUT2D eigenvalue weighted by molar-refractivity contribution is 0.301. The van der Waals surface area contributed by atoms with E-state index in [-0.39, 0.29) is 5.82 Å². The third-order valence-corrected chi connectivity index (χ3v) is 4.63. The average molecular weight is 337 g/mol. The lowest BCUT2D eigenvalue weighted by Crippen LogP contribution is -2.01. The Morgan fingerprint density at radius 3 is 2.44 bits per heavy atom. The molecule has 1 saturated carbocycles. The summed E-state index contributed by atoms with van der Waals surface area (Å²) in [7, 11) is 0. The minimum absolute atomic E-state index is 0.237. The van der Waals surface area contributed by atoms with Crippen LogP contribution in [0, 0.1) is 25.6 Å². The van der Waals surface area contributed by atoms with Crippen molar-refractivity contribution in [2.75, 3.05) is 6.61 Å². The predicted octanol–water partition coefficient (Wildman–Crippen LogP) is 5.55. The Morgan fingerprint density at radius 2 is 1.80 bits per heavy atom. The zero-order valence-electron chi connectivity index (χ0n) is 14.4. The van der Waals surface area contributed by atoms with Crippen molar-refractivity contribution in [2.45, 2.75) is 26.7 Å². The Kier molecular flexibility index (Phi) is 4.04. The maximum Gasteiger partial charge on any atom is 0.141 e. The first-order valence-corrected chi connectivity index (χ1v) is 8.58. The van der Waals surface area contributed by atoms with Crippen molar-refractivity contribution in [3.8, 4) is 28.0 Å². The number of hydrogen-bond acceptors (Lipinski definition) is 3. The fourth-order valence-corrected chi connectivity index (χ4v) is 3.03. The first kappa shape index (κ1) is 15.9. The first-order valence-electron chi connectivity index (χ1n) is 8.58. The van der Waals surface area contributed by atoms with Gasteiger partial charge in [0, 0.05) is 5.56 Å². The number of rotatable bonds is 5. The number of hydrogen-bond donors (Lipinski definition) is 0. The van der Waals surface area contributed by atoms with Crippen LogP contribution in [0.2, 0.25) is 0 Å². The summed E-state index contributed by atoms with van der Waals surface area (Å²) in [6.07, 6.45) is 2.49. The molecule has 25 heavy (non-hydrogen) atoms. The highest BCUT2D eigenvalue weighted by Gasteiger charge is 2.23. The third-order valence-electron chi connectivity index (χ3n) is 4.63. The number of aryl methyl sites for hydroxylation is 2. The highest BCUT2D eigenvalue weighted by Crippen LogP contribution is 2.39. The van der Waals surface area contributed by atoms with Crippen molar-refractivity contribution in [2.24, 2.45) is 5.92 Å². The molecule has 0 unspecified atom stereocenters. The van der Waals surface area contributed by atoms with Crippen LogP contribution in [-0.2, 0) is 0 Å². The van der Waals surface area contributed by atoms with Crippen LogP contribution in [0.1, 0.15) is 24.3 Å². The van der Waals surface area contributed by atoms with E-state index in [0.29, 0.717) is 5.92 Å². The fourth-order valence-electron chi connectivity index (χ4n) is 3.03. The van der Waals surface area contributed by atoms with E-state index in [0.717, 1.165) is 46.1 Å². The second kappa shape index (κ2) is 6.36. The summed E-state index contributed by atoms with van der Waals surface area (Å²) in [6.45, 7) is 4.58. The maximum atomic E-state index is 13.2. The van der Waals surface area contributed by atoms with Crippen molar-refractivity contribution >= 4 is 0 Å². The summed E-state index contributed by atoms with van der Waals surface area (Å²) in [6, 6.07) is 12.6. The van der Waals surface area contributed by atoms with Gasteiger partial charge in [-0.05, 0) is 68.0 Å². The molecule has 2 aromatic carbocycles. The molecule has 0 amide bonds. The lowest BCUT2D eigenvalue weighted by Gasteiger charge is -2.13. The van der Waals surface area contributed by atoms with Gasteiger partial charge in [0.15, 0.2) is 0 Å². The summed E-state index contributed by atoms with van der Waals surface area (Å²) >= 11 is 0. The second-order valence-electron chi connectivity index (χ2n) is 6.67. The molecular formula is C21H20FNO2. The van der Waals surface area contributed by atoms with E-state index in [1.54, 1.807) is 12.1 Å². The Labute approximate surface area is 146 Å². The van der Waals surface area contributed by atoms with Gasteiger partial charge in [0.05, 0.1) is 17.9 Å². The van der Waals surface area contributed by atoms with E-state index in [1.165, 1.54) is 25.0 Å². The van der Waals surface area contributed by atoms with Gasteiger partial charge in [0.1, 0.15) is 17.3 Å². The Hall–Kier alpha value is -2.62. The van der Waals surface area contributed by atoms with Crippen LogP contribution in [0.3, 0.4) is 0 Å². The molecule has 0 aliphatic heterocycles. The highest BCUT2D eigenvalue weighted by molar-refractivity contribution is 5.79. The smallest absolute Gasteiger partial charge is 0.141 e. The maximum absolute atomic E-state index is 13.2. The standard InChI is InChI=1S/C21H20FNO2/c1-13-21(14(2)25-23-13)19-11-17(16-5-8-18(22)9-6-16)7-10-20(19)24-12-15-3-4-15/h5-11,15H,3-4,12H2,1-2H3. The van der Waals surface area contributed by atoms with Crippen LogP contribution in [0.25, 0.3) is 22.3 Å². The Morgan fingerprint density at radius 1 is 1.08 bits per heavy atom. The molecule has 1 aromatic heterocycles. The van der Waals surface area contributed by atoms with Gasteiger partial charge in [-0.2, -0.15) is 0 Å². The van der Waals surface area contributed by atoms with E-state index in [2.05, 4.69) is 11.2 Å². The largest absolute Gasteiger partial charge is 0.493 e. The minimum Gasteiger partial charge on any atom is -0.493 e. The van der Waals surface area contributed by atoms with Gasteiger partial charge in [-0.25, -0.2) is 4.39 Å². The van der Waals surface area contributed by atoms with Crippen molar-refractivity contribution < 1.29 is 13.7 Å². The highest BCUT2D eigenvalue weighted by atomic mass is 19.1. The van der Waals surface area contributed by atoms with Gasteiger partial charge in [-0.1, -0.05) is 23.4 Å². The van der Waals surface area contributed by atoms with Gasteiger partial charge in [-0.15, -0.1) is 0 Å². The molecule has 0 N–H and O–H groups in total. The quantitative estimate of drug-likeness (QED) is 0.612. The molecule has 0 bridgehead atoms. The molecule has 0 saturated heterocycles. The molecule has 4 heteroatoms. The van der Waals surface area contributed by atoms with Gasteiger partial charge >= 0.3 is 0 Å². The number of nitrogens with zero attached hydrogens (tertiary/aromatic N) is 1. The normalized spacial score (nSPS) is 13.9. The molecule has 3 nitrogen and oxygen atoms in total. The minimum atomic E-state index is -0.237. The SMILES string of the molecule is Cc1noc(C)c1-c1cc(-c2ccc(F)cc2)ccc1OCC1CC1. The van der Waals surface area contributed by atoms with Crippen LogP contribution >= 0.6 is 0 Å². The van der Waals surface area contributed by atoms with E-state index in [1.807, 2.05) is 26.0 Å². The summed E-state index contributed by atoms with van der Waals surface area (Å²) in [5.74, 6) is 2.05. The van der Waals surface area contributed by atoms with E-state index < -0.39 is 0 Å². The molecule has 1 heterocycles. The van der Waals surface area contributed by atoms with Crippen molar-refractivity contribution in [1.82, 2.24) is 5.16 Å². The van der Waals surface area contributed by atoms with Crippen LogP contribution in [0.4, 0.5) is 4.39 Å². The van der Waals surface area contributed by atoms with Crippen LogP contribution in [0.5, 0.6) is 5.75 Å². The zero-order chi connectivity index (χ0) is 17.4. The van der Waals surface area contributed by atoms with Crippen LogP contribution in [-0.4, -0.2) is 11.8 Å².